The summed E-state index contributed by atoms with van der Waals surface area (Å²) in [7, 11) is 0. The molecule has 30 heavy (non-hydrogen) atoms. The Morgan fingerprint density at radius 1 is 1.10 bits per heavy atom. The summed E-state index contributed by atoms with van der Waals surface area (Å²) >= 11 is 3.31. The van der Waals surface area contributed by atoms with E-state index in [9.17, 15) is 19.2 Å². The number of nitrogens with one attached hydrogen (secondary N) is 4. The van der Waals surface area contributed by atoms with Gasteiger partial charge in [-0.3, -0.25) is 9.59 Å². The molecule has 2 amide bonds. The summed E-state index contributed by atoms with van der Waals surface area (Å²) in [6, 6.07) is 12.1. The van der Waals surface area contributed by atoms with Gasteiger partial charge >= 0.3 is 11.7 Å². The van der Waals surface area contributed by atoms with Crippen LogP contribution in [0, 0.1) is 0 Å². The number of halogens is 1. The van der Waals surface area contributed by atoms with Crippen molar-refractivity contribution in [1.29, 1.82) is 0 Å². The quantitative estimate of drug-likeness (QED) is 0.322. The number of esters is 1. The Hall–Kier alpha value is -3.66. The lowest BCUT2D eigenvalue weighted by Crippen LogP contribution is -2.29. The number of amides is 2. The van der Waals surface area contributed by atoms with E-state index in [0.29, 0.717) is 26.8 Å². The molecule has 0 spiro atoms. The number of anilines is 1. The summed E-state index contributed by atoms with van der Waals surface area (Å²) in [6.07, 6.45) is 1.45. The minimum atomic E-state index is -0.853. The number of aromatic nitrogens is 2. The Labute approximate surface area is 178 Å². The highest BCUT2D eigenvalue weighted by atomic mass is 79.9. The van der Waals surface area contributed by atoms with Crippen LogP contribution in [-0.4, -0.2) is 34.4 Å². The van der Waals surface area contributed by atoms with Crippen LogP contribution in [0.2, 0.25) is 0 Å². The summed E-state index contributed by atoms with van der Waals surface area (Å²) in [5.41, 5.74) is 1.69. The molecule has 0 aliphatic heterocycles. The number of fused-ring (bicyclic) bond motifs is 1. The lowest BCUT2D eigenvalue weighted by atomic mass is 10.2. The second-order valence-corrected chi connectivity index (χ2v) is 7.09. The van der Waals surface area contributed by atoms with E-state index in [-0.39, 0.29) is 11.4 Å². The highest BCUT2D eigenvalue weighted by Crippen LogP contribution is 2.26. The first-order chi connectivity index (χ1) is 14.3. The standard InChI is InChI=1S/C20H17BrN4O5/c1-11(26)22-17(7-12-5-3-2-4-6-12)19(28)30-10-18(27)23-14-9-16-15(8-13(14)21)24-20(29)25-16/h2-9H,10H2,1H3,(H,22,26)(H,23,27)(H2,24,25,29). The first-order valence-electron chi connectivity index (χ1n) is 8.74. The average Bonchev–Trinajstić information content (AvgIpc) is 3.05. The third kappa shape index (κ3) is 5.45. The number of hydrogen-bond donors (Lipinski definition) is 4. The van der Waals surface area contributed by atoms with Crippen molar-refractivity contribution in [2.24, 2.45) is 0 Å². The number of imidazole rings is 1. The number of benzene rings is 2. The lowest BCUT2D eigenvalue weighted by Gasteiger charge is -2.10. The van der Waals surface area contributed by atoms with Gasteiger partial charge in [-0.05, 0) is 39.7 Å². The highest BCUT2D eigenvalue weighted by Gasteiger charge is 2.16. The predicted molar refractivity (Wildman–Crippen MR) is 114 cm³/mol. The molecule has 3 rings (SSSR count). The Balaban J connectivity index is 1.67. The monoisotopic (exact) mass is 472 g/mol. The number of ether oxygens (including phenoxy) is 1. The predicted octanol–water partition coefficient (Wildman–Crippen LogP) is 2.28. The normalized spacial score (nSPS) is 11.2. The van der Waals surface area contributed by atoms with Crippen molar-refractivity contribution in [2.75, 3.05) is 11.9 Å². The molecule has 2 aromatic carbocycles. The maximum Gasteiger partial charge on any atom is 0.355 e. The third-order valence-electron chi connectivity index (χ3n) is 3.85. The number of carbonyl (C=O) groups excluding carboxylic acids is 3. The molecular formula is C20H17BrN4O5. The van der Waals surface area contributed by atoms with Gasteiger partial charge in [0, 0.05) is 11.4 Å². The van der Waals surface area contributed by atoms with Gasteiger partial charge in [-0.15, -0.1) is 0 Å². The van der Waals surface area contributed by atoms with E-state index >= 15 is 0 Å². The molecule has 3 aromatic rings. The number of hydrogen-bond acceptors (Lipinski definition) is 5. The van der Waals surface area contributed by atoms with Crippen LogP contribution in [0.1, 0.15) is 12.5 Å². The van der Waals surface area contributed by atoms with Crippen LogP contribution in [0.4, 0.5) is 5.69 Å². The minimum absolute atomic E-state index is 0.0889. The Kier molecular flexibility index (Phi) is 6.48. The maximum atomic E-state index is 12.3. The van der Waals surface area contributed by atoms with Gasteiger partial charge in [0.15, 0.2) is 6.61 Å². The molecule has 4 N–H and O–H groups in total. The Morgan fingerprint density at radius 3 is 2.43 bits per heavy atom. The average molecular weight is 473 g/mol. The lowest BCUT2D eigenvalue weighted by molar-refractivity contribution is -0.144. The van der Waals surface area contributed by atoms with Gasteiger partial charge in [-0.2, -0.15) is 0 Å². The highest BCUT2D eigenvalue weighted by molar-refractivity contribution is 9.10. The van der Waals surface area contributed by atoms with Gasteiger partial charge in [0.05, 0.1) is 16.7 Å². The van der Waals surface area contributed by atoms with E-state index in [4.69, 9.17) is 4.74 Å². The fourth-order valence-electron chi connectivity index (χ4n) is 2.60. The molecule has 154 valence electrons. The topological polar surface area (TPSA) is 133 Å². The van der Waals surface area contributed by atoms with E-state index in [1.807, 2.05) is 6.07 Å². The maximum absolute atomic E-state index is 12.3. The van der Waals surface area contributed by atoms with Crippen molar-refractivity contribution in [3.05, 3.63) is 68.7 Å². The minimum Gasteiger partial charge on any atom is -0.451 e. The number of H-pyrrole nitrogens is 2. The van der Waals surface area contributed by atoms with Gasteiger partial charge in [0.25, 0.3) is 5.91 Å². The van der Waals surface area contributed by atoms with Crippen molar-refractivity contribution in [3.8, 4) is 0 Å². The first-order valence-corrected chi connectivity index (χ1v) is 9.54. The van der Waals surface area contributed by atoms with Crippen LogP contribution in [0.15, 0.2) is 57.4 Å². The Morgan fingerprint density at radius 2 is 1.77 bits per heavy atom. The van der Waals surface area contributed by atoms with Gasteiger partial charge in [-0.25, -0.2) is 9.59 Å². The molecule has 0 unspecified atom stereocenters. The molecule has 1 heterocycles. The zero-order valence-electron chi connectivity index (χ0n) is 15.7. The molecule has 0 atom stereocenters. The van der Waals surface area contributed by atoms with Crippen molar-refractivity contribution in [2.45, 2.75) is 6.92 Å². The van der Waals surface area contributed by atoms with Crippen molar-refractivity contribution >= 4 is 56.5 Å². The molecule has 0 aliphatic rings. The number of rotatable bonds is 6. The van der Waals surface area contributed by atoms with Crippen LogP contribution in [0.3, 0.4) is 0 Å². The summed E-state index contributed by atoms with van der Waals surface area (Å²) in [4.78, 5) is 52.5. The van der Waals surface area contributed by atoms with E-state index < -0.39 is 24.4 Å². The smallest absolute Gasteiger partial charge is 0.355 e. The molecular weight excluding hydrogens is 456 g/mol. The molecule has 0 saturated heterocycles. The second-order valence-electron chi connectivity index (χ2n) is 6.23. The second kappa shape index (κ2) is 9.23. The summed E-state index contributed by atoms with van der Waals surface area (Å²) in [5, 5.41) is 4.99. The van der Waals surface area contributed by atoms with Gasteiger partial charge in [0.2, 0.25) is 5.91 Å². The Bertz CT molecular complexity index is 1200. The van der Waals surface area contributed by atoms with Gasteiger partial charge in [0.1, 0.15) is 5.70 Å². The van der Waals surface area contributed by atoms with Crippen LogP contribution in [0.5, 0.6) is 0 Å². The van der Waals surface area contributed by atoms with Gasteiger partial charge < -0.3 is 25.3 Å². The molecule has 0 bridgehead atoms. The van der Waals surface area contributed by atoms with Crippen molar-refractivity contribution in [1.82, 2.24) is 15.3 Å². The van der Waals surface area contributed by atoms with Crippen molar-refractivity contribution in [3.63, 3.8) is 0 Å². The van der Waals surface area contributed by atoms with Crippen LogP contribution < -0.4 is 16.3 Å². The van der Waals surface area contributed by atoms with Crippen LogP contribution in [0.25, 0.3) is 17.1 Å². The van der Waals surface area contributed by atoms with E-state index in [1.54, 1.807) is 36.4 Å². The van der Waals surface area contributed by atoms with Crippen LogP contribution >= 0.6 is 15.9 Å². The molecule has 0 aliphatic carbocycles. The van der Waals surface area contributed by atoms with Gasteiger partial charge in [-0.1, -0.05) is 30.3 Å². The SMILES string of the molecule is CC(=O)NC(=Cc1ccccc1)C(=O)OCC(=O)Nc1cc2[nH]c(=O)[nH]c2cc1Br. The fourth-order valence-corrected chi connectivity index (χ4v) is 3.04. The van der Waals surface area contributed by atoms with E-state index in [2.05, 4.69) is 36.5 Å². The molecule has 0 radical (unpaired) electrons. The molecule has 1 aromatic heterocycles. The molecule has 0 fully saturated rings. The van der Waals surface area contributed by atoms with Crippen molar-refractivity contribution < 1.29 is 19.1 Å². The van der Waals surface area contributed by atoms with E-state index in [1.165, 1.54) is 13.0 Å². The van der Waals surface area contributed by atoms with E-state index in [0.717, 1.165) is 0 Å². The summed E-state index contributed by atoms with van der Waals surface area (Å²) in [5.74, 6) is -1.90. The number of carbonyl (C=O) groups is 3. The molecule has 9 nitrogen and oxygen atoms in total. The zero-order chi connectivity index (χ0) is 21.7. The first kappa shape index (κ1) is 21.1. The number of aromatic amines is 2. The largest absolute Gasteiger partial charge is 0.451 e. The molecule has 0 saturated carbocycles. The third-order valence-corrected chi connectivity index (χ3v) is 4.51. The molecule has 10 heteroatoms. The summed E-state index contributed by atoms with van der Waals surface area (Å²) in [6.45, 7) is 0.691. The zero-order valence-corrected chi connectivity index (χ0v) is 17.3. The summed E-state index contributed by atoms with van der Waals surface area (Å²) < 4.78 is 5.56. The van der Waals surface area contributed by atoms with Crippen LogP contribution in [-0.2, 0) is 19.1 Å². The fraction of sp³-hybridized carbons (Fsp3) is 0.100.